The Bertz CT molecular complexity index is 457. The van der Waals surface area contributed by atoms with Crippen molar-refractivity contribution in [1.82, 2.24) is 14.7 Å². The number of hydrogen-bond acceptors (Lipinski definition) is 5. The van der Waals surface area contributed by atoms with Crippen molar-refractivity contribution in [3.05, 3.63) is 17.5 Å². The zero-order valence-corrected chi connectivity index (χ0v) is 10.2. The van der Waals surface area contributed by atoms with Crippen LogP contribution in [0.2, 0.25) is 0 Å². The minimum atomic E-state index is -1.04. The first kappa shape index (κ1) is 14.1. The first-order chi connectivity index (χ1) is 8.36. The number of aliphatic hydroxyl groups excluding tert-OH is 2. The molecule has 0 spiro atoms. The number of aromatic nitrogens is 2. The molecule has 0 saturated carbocycles. The van der Waals surface area contributed by atoms with Crippen LogP contribution in [-0.2, 0) is 7.05 Å². The summed E-state index contributed by atoms with van der Waals surface area (Å²) in [6, 6.07) is 0. The summed E-state index contributed by atoms with van der Waals surface area (Å²) in [6.07, 6.45) is 0.311. The molecule has 1 aromatic rings. The maximum absolute atomic E-state index is 12.0. The third kappa shape index (κ3) is 3.05. The Morgan fingerprint density at radius 1 is 1.61 bits per heavy atom. The molecular weight excluding hydrogens is 240 g/mol. The molecule has 1 heterocycles. The van der Waals surface area contributed by atoms with Gasteiger partial charge in [0, 0.05) is 26.8 Å². The summed E-state index contributed by atoms with van der Waals surface area (Å²) in [4.78, 5) is 24.3. The highest BCUT2D eigenvalue weighted by atomic mass is 16.3. The fourth-order valence-corrected chi connectivity index (χ4v) is 1.46. The van der Waals surface area contributed by atoms with Crippen LogP contribution in [0.4, 0.5) is 0 Å². The molecule has 1 unspecified atom stereocenters. The lowest BCUT2D eigenvalue weighted by Crippen LogP contribution is -2.37. The van der Waals surface area contributed by atoms with Crippen molar-refractivity contribution >= 4 is 11.8 Å². The van der Waals surface area contributed by atoms with Crippen LogP contribution in [0.15, 0.2) is 6.20 Å². The largest absolute Gasteiger partial charge is 0.394 e. The van der Waals surface area contributed by atoms with E-state index in [1.54, 1.807) is 7.05 Å². The first-order valence-corrected chi connectivity index (χ1v) is 5.24. The standard InChI is InChI=1S/C10H16N4O4/c1-13(3-6(16)5-15)10(18)8-7(9(11)17)4-14(2)12-8/h4,6,15-16H,3,5H2,1-2H3,(H2,11,17). The van der Waals surface area contributed by atoms with E-state index in [9.17, 15) is 14.7 Å². The van der Waals surface area contributed by atoms with Crippen LogP contribution >= 0.6 is 0 Å². The molecule has 4 N–H and O–H groups in total. The molecule has 2 amide bonds. The SMILES string of the molecule is CN(CC(O)CO)C(=O)c1nn(C)cc1C(N)=O. The maximum atomic E-state index is 12.0. The third-order valence-corrected chi connectivity index (χ3v) is 2.34. The number of primary amides is 1. The summed E-state index contributed by atoms with van der Waals surface area (Å²) in [5, 5.41) is 21.8. The van der Waals surface area contributed by atoms with Crippen LogP contribution in [-0.4, -0.2) is 63.0 Å². The second-order valence-corrected chi connectivity index (χ2v) is 3.95. The monoisotopic (exact) mass is 256 g/mol. The summed E-state index contributed by atoms with van der Waals surface area (Å²) < 4.78 is 1.31. The summed E-state index contributed by atoms with van der Waals surface area (Å²) in [7, 11) is 2.99. The topological polar surface area (TPSA) is 122 Å². The van der Waals surface area contributed by atoms with Gasteiger partial charge in [-0.15, -0.1) is 0 Å². The smallest absolute Gasteiger partial charge is 0.275 e. The Hall–Kier alpha value is -1.93. The molecule has 0 aliphatic carbocycles. The molecule has 18 heavy (non-hydrogen) atoms. The Morgan fingerprint density at radius 2 is 2.22 bits per heavy atom. The van der Waals surface area contributed by atoms with Gasteiger partial charge in [-0.25, -0.2) is 0 Å². The molecule has 0 fully saturated rings. The number of nitrogens with zero attached hydrogens (tertiary/aromatic N) is 3. The first-order valence-electron chi connectivity index (χ1n) is 5.24. The quantitative estimate of drug-likeness (QED) is 0.559. The fourth-order valence-electron chi connectivity index (χ4n) is 1.46. The predicted octanol–water partition coefficient (Wildman–Crippen LogP) is -2.06. The van der Waals surface area contributed by atoms with Gasteiger partial charge in [-0.1, -0.05) is 0 Å². The Balaban J connectivity index is 2.93. The van der Waals surface area contributed by atoms with E-state index < -0.39 is 24.5 Å². The minimum absolute atomic E-state index is 0.0211. The maximum Gasteiger partial charge on any atom is 0.275 e. The van der Waals surface area contributed by atoms with Gasteiger partial charge in [-0.05, 0) is 0 Å². The molecule has 8 heteroatoms. The zero-order valence-electron chi connectivity index (χ0n) is 10.2. The van der Waals surface area contributed by atoms with Gasteiger partial charge < -0.3 is 20.8 Å². The highest BCUT2D eigenvalue weighted by molar-refractivity contribution is 6.05. The van der Waals surface area contributed by atoms with E-state index in [0.717, 1.165) is 4.90 Å². The van der Waals surface area contributed by atoms with Crippen molar-refractivity contribution in [3.63, 3.8) is 0 Å². The van der Waals surface area contributed by atoms with Gasteiger partial charge in [0.25, 0.3) is 11.8 Å². The van der Waals surface area contributed by atoms with E-state index in [4.69, 9.17) is 10.8 Å². The molecule has 0 saturated heterocycles. The van der Waals surface area contributed by atoms with E-state index in [2.05, 4.69) is 5.10 Å². The minimum Gasteiger partial charge on any atom is -0.394 e. The van der Waals surface area contributed by atoms with Crippen molar-refractivity contribution in [2.75, 3.05) is 20.2 Å². The van der Waals surface area contributed by atoms with Crippen LogP contribution in [0.25, 0.3) is 0 Å². The van der Waals surface area contributed by atoms with Crippen LogP contribution in [0, 0.1) is 0 Å². The molecule has 0 aliphatic heterocycles. The van der Waals surface area contributed by atoms with Gasteiger partial charge >= 0.3 is 0 Å². The molecule has 8 nitrogen and oxygen atoms in total. The molecule has 0 aromatic carbocycles. The van der Waals surface area contributed by atoms with Gasteiger partial charge in [-0.2, -0.15) is 5.10 Å². The Labute approximate surface area is 104 Å². The molecule has 1 rings (SSSR count). The molecule has 0 aliphatic rings. The second kappa shape index (κ2) is 5.61. The number of likely N-dealkylation sites (N-methyl/N-ethyl adjacent to an activating group) is 1. The molecule has 1 aromatic heterocycles. The number of carbonyl (C=O) groups excluding carboxylic acids is 2. The van der Waals surface area contributed by atoms with Crippen LogP contribution in [0.3, 0.4) is 0 Å². The van der Waals surface area contributed by atoms with E-state index in [-0.39, 0.29) is 17.8 Å². The average molecular weight is 256 g/mol. The van der Waals surface area contributed by atoms with Crippen molar-refractivity contribution in [2.24, 2.45) is 12.8 Å². The van der Waals surface area contributed by atoms with E-state index in [0.29, 0.717) is 0 Å². The van der Waals surface area contributed by atoms with Gasteiger partial charge in [0.15, 0.2) is 5.69 Å². The highest BCUT2D eigenvalue weighted by Crippen LogP contribution is 2.08. The lowest BCUT2D eigenvalue weighted by Gasteiger charge is -2.18. The third-order valence-electron chi connectivity index (χ3n) is 2.34. The summed E-state index contributed by atoms with van der Waals surface area (Å²) in [5.74, 6) is -1.29. The Kier molecular flexibility index (Phi) is 4.40. The number of nitrogens with two attached hydrogens (primary N) is 1. The van der Waals surface area contributed by atoms with E-state index in [1.807, 2.05) is 0 Å². The average Bonchev–Trinajstić information content (AvgIpc) is 2.70. The normalized spacial score (nSPS) is 12.2. The summed E-state index contributed by atoms with van der Waals surface area (Å²) in [5.41, 5.74) is 5.09. The number of rotatable bonds is 5. The summed E-state index contributed by atoms with van der Waals surface area (Å²) in [6.45, 7) is -0.521. The van der Waals surface area contributed by atoms with Gasteiger partial charge in [-0.3, -0.25) is 14.3 Å². The molecule has 0 radical (unpaired) electrons. The Morgan fingerprint density at radius 3 is 2.72 bits per heavy atom. The van der Waals surface area contributed by atoms with Gasteiger partial charge in [0.05, 0.1) is 18.3 Å². The van der Waals surface area contributed by atoms with E-state index in [1.165, 1.54) is 17.9 Å². The number of aliphatic hydroxyl groups is 2. The van der Waals surface area contributed by atoms with Gasteiger partial charge in [0.2, 0.25) is 0 Å². The van der Waals surface area contributed by atoms with Crippen LogP contribution < -0.4 is 5.73 Å². The summed E-state index contributed by atoms with van der Waals surface area (Å²) >= 11 is 0. The van der Waals surface area contributed by atoms with Gasteiger partial charge in [0.1, 0.15) is 0 Å². The lowest BCUT2D eigenvalue weighted by atomic mass is 10.2. The van der Waals surface area contributed by atoms with Crippen molar-refractivity contribution in [3.8, 4) is 0 Å². The van der Waals surface area contributed by atoms with Crippen molar-refractivity contribution < 1.29 is 19.8 Å². The second-order valence-electron chi connectivity index (χ2n) is 3.95. The lowest BCUT2D eigenvalue weighted by molar-refractivity contribution is 0.0514. The number of aryl methyl sites for hydroxylation is 1. The molecule has 100 valence electrons. The number of hydrogen-bond donors (Lipinski definition) is 3. The van der Waals surface area contributed by atoms with Crippen LogP contribution in [0.5, 0.6) is 0 Å². The number of carbonyl (C=O) groups is 2. The molecule has 1 atom stereocenters. The molecule has 0 bridgehead atoms. The van der Waals surface area contributed by atoms with Crippen molar-refractivity contribution in [1.29, 1.82) is 0 Å². The number of amides is 2. The van der Waals surface area contributed by atoms with E-state index >= 15 is 0 Å². The van der Waals surface area contributed by atoms with Crippen molar-refractivity contribution in [2.45, 2.75) is 6.10 Å². The predicted molar refractivity (Wildman–Crippen MR) is 61.8 cm³/mol. The zero-order chi connectivity index (χ0) is 13.9. The van der Waals surface area contributed by atoms with Crippen LogP contribution in [0.1, 0.15) is 20.8 Å². The molecular formula is C10H16N4O4. The highest BCUT2D eigenvalue weighted by Gasteiger charge is 2.23. The fraction of sp³-hybridized carbons (Fsp3) is 0.500.